The monoisotopic (exact) mass is 286 g/mol. The lowest BCUT2D eigenvalue weighted by molar-refractivity contribution is -0.118. The van der Waals surface area contributed by atoms with Crippen molar-refractivity contribution in [1.82, 2.24) is 9.55 Å². The summed E-state index contributed by atoms with van der Waals surface area (Å²) >= 11 is 0. The molecule has 5 heteroatoms. The van der Waals surface area contributed by atoms with Crippen LogP contribution in [0.5, 0.6) is 0 Å². The molecule has 2 rings (SSSR count). The molecule has 1 heterocycles. The Morgan fingerprint density at radius 1 is 1.33 bits per heavy atom. The van der Waals surface area contributed by atoms with E-state index >= 15 is 0 Å². The summed E-state index contributed by atoms with van der Waals surface area (Å²) in [6.07, 6.45) is 3.69. The number of hydrogen-bond acceptors (Lipinski definition) is 3. The molecule has 0 saturated heterocycles. The van der Waals surface area contributed by atoms with Crippen molar-refractivity contribution in [3.8, 4) is 0 Å². The molecule has 0 atom stereocenters. The van der Waals surface area contributed by atoms with E-state index in [1.165, 1.54) is 0 Å². The fourth-order valence-corrected chi connectivity index (χ4v) is 1.97. The van der Waals surface area contributed by atoms with E-state index in [0.29, 0.717) is 6.54 Å². The summed E-state index contributed by atoms with van der Waals surface area (Å²) in [6, 6.07) is 7.74. The van der Waals surface area contributed by atoms with Gasteiger partial charge in [-0.25, -0.2) is 4.98 Å². The zero-order valence-corrected chi connectivity index (χ0v) is 12.8. The molecular formula is C16H22N4O. The Morgan fingerprint density at radius 3 is 2.81 bits per heavy atom. The number of nitrogens with one attached hydrogen (secondary N) is 2. The van der Waals surface area contributed by atoms with Crippen LogP contribution in [0, 0.1) is 5.92 Å². The van der Waals surface area contributed by atoms with Crippen LogP contribution in [0.4, 0.5) is 11.4 Å². The Balaban J connectivity index is 1.99. The van der Waals surface area contributed by atoms with Gasteiger partial charge in [-0.3, -0.25) is 4.79 Å². The minimum absolute atomic E-state index is 0.0243. The molecule has 0 bridgehead atoms. The third kappa shape index (κ3) is 4.08. The van der Waals surface area contributed by atoms with Gasteiger partial charge in [0.2, 0.25) is 5.91 Å². The summed E-state index contributed by atoms with van der Waals surface area (Å²) in [5, 5.41) is 6.25. The van der Waals surface area contributed by atoms with E-state index in [1.54, 1.807) is 0 Å². The standard InChI is InChI=1S/C16H22N4O/c1-4-20-11-17-9-15(20)10-18-13-6-5-7-14(8-13)19-16(21)12(2)3/h5-9,11-12,18H,4,10H2,1-3H3,(H,19,21). The molecule has 0 radical (unpaired) electrons. The molecule has 0 aliphatic rings. The summed E-state index contributed by atoms with van der Waals surface area (Å²) in [5.41, 5.74) is 2.91. The molecular weight excluding hydrogens is 264 g/mol. The van der Waals surface area contributed by atoms with Crippen LogP contribution in [-0.2, 0) is 17.9 Å². The fourth-order valence-electron chi connectivity index (χ4n) is 1.97. The quantitative estimate of drug-likeness (QED) is 0.858. The smallest absolute Gasteiger partial charge is 0.226 e. The average molecular weight is 286 g/mol. The maximum atomic E-state index is 11.7. The van der Waals surface area contributed by atoms with Crippen molar-refractivity contribution in [2.45, 2.75) is 33.9 Å². The first-order chi connectivity index (χ1) is 10.1. The van der Waals surface area contributed by atoms with Crippen LogP contribution in [0.25, 0.3) is 0 Å². The molecule has 0 spiro atoms. The SMILES string of the molecule is CCn1cncc1CNc1cccc(NC(=O)C(C)C)c1. The maximum Gasteiger partial charge on any atom is 0.226 e. The number of benzene rings is 1. The number of carbonyl (C=O) groups is 1. The van der Waals surface area contributed by atoms with Crippen LogP contribution in [0.1, 0.15) is 26.5 Å². The molecule has 1 aromatic carbocycles. The van der Waals surface area contributed by atoms with E-state index in [1.807, 2.05) is 50.6 Å². The number of imidazole rings is 1. The summed E-state index contributed by atoms with van der Waals surface area (Å²) < 4.78 is 2.09. The van der Waals surface area contributed by atoms with E-state index < -0.39 is 0 Å². The molecule has 21 heavy (non-hydrogen) atoms. The van der Waals surface area contributed by atoms with Crippen molar-refractivity contribution in [2.24, 2.45) is 5.92 Å². The van der Waals surface area contributed by atoms with Crippen molar-refractivity contribution < 1.29 is 4.79 Å². The maximum absolute atomic E-state index is 11.7. The van der Waals surface area contributed by atoms with Gasteiger partial charge in [0, 0.05) is 30.0 Å². The Morgan fingerprint density at radius 2 is 2.10 bits per heavy atom. The third-order valence-corrected chi connectivity index (χ3v) is 3.27. The normalized spacial score (nSPS) is 10.7. The molecule has 5 nitrogen and oxygen atoms in total. The topological polar surface area (TPSA) is 59.0 Å². The van der Waals surface area contributed by atoms with Gasteiger partial charge in [0.1, 0.15) is 0 Å². The lowest BCUT2D eigenvalue weighted by Crippen LogP contribution is -2.17. The predicted molar refractivity (Wildman–Crippen MR) is 85.1 cm³/mol. The van der Waals surface area contributed by atoms with Gasteiger partial charge in [-0.05, 0) is 25.1 Å². The van der Waals surface area contributed by atoms with E-state index in [-0.39, 0.29) is 11.8 Å². The highest BCUT2D eigenvalue weighted by Gasteiger charge is 2.07. The second-order valence-corrected chi connectivity index (χ2v) is 5.25. The highest BCUT2D eigenvalue weighted by Crippen LogP contribution is 2.16. The molecule has 1 aromatic heterocycles. The summed E-state index contributed by atoms with van der Waals surface area (Å²) in [5.74, 6) is -0.00303. The van der Waals surface area contributed by atoms with Crippen LogP contribution in [0.2, 0.25) is 0 Å². The minimum atomic E-state index is -0.0273. The Hall–Kier alpha value is -2.30. The highest BCUT2D eigenvalue weighted by molar-refractivity contribution is 5.92. The van der Waals surface area contributed by atoms with Crippen LogP contribution in [-0.4, -0.2) is 15.5 Å². The average Bonchev–Trinajstić information content (AvgIpc) is 2.93. The first kappa shape index (κ1) is 15.1. The lowest BCUT2D eigenvalue weighted by atomic mass is 10.2. The first-order valence-electron chi connectivity index (χ1n) is 7.24. The van der Waals surface area contributed by atoms with Crippen LogP contribution in [0.3, 0.4) is 0 Å². The van der Waals surface area contributed by atoms with Crippen LogP contribution < -0.4 is 10.6 Å². The number of amides is 1. The van der Waals surface area contributed by atoms with E-state index in [2.05, 4.69) is 27.1 Å². The Labute approximate surface area is 125 Å². The van der Waals surface area contributed by atoms with E-state index in [0.717, 1.165) is 23.6 Å². The zero-order valence-electron chi connectivity index (χ0n) is 12.8. The number of aryl methyl sites for hydroxylation is 1. The Kier molecular flexibility index (Phi) is 4.98. The van der Waals surface area contributed by atoms with Gasteiger partial charge in [-0.2, -0.15) is 0 Å². The Bertz CT molecular complexity index is 604. The van der Waals surface area contributed by atoms with Crippen LogP contribution in [0.15, 0.2) is 36.8 Å². The summed E-state index contributed by atoms with van der Waals surface area (Å²) in [4.78, 5) is 15.9. The molecule has 0 aliphatic heterocycles. The van der Waals surface area contributed by atoms with E-state index in [9.17, 15) is 4.79 Å². The van der Waals surface area contributed by atoms with Gasteiger partial charge in [0.25, 0.3) is 0 Å². The van der Waals surface area contributed by atoms with Crippen LogP contribution >= 0.6 is 0 Å². The van der Waals surface area contributed by atoms with Crippen molar-refractivity contribution in [2.75, 3.05) is 10.6 Å². The van der Waals surface area contributed by atoms with Gasteiger partial charge in [-0.15, -0.1) is 0 Å². The van der Waals surface area contributed by atoms with Crippen molar-refractivity contribution in [3.63, 3.8) is 0 Å². The number of anilines is 2. The molecule has 0 fully saturated rings. The molecule has 2 aromatic rings. The number of aromatic nitrogens is 2. The van der Waals surface area contributed by atoms with Gasteiger partial charge in [-0.1, -0.05) is 19.9 Å². The van der Waals surface area contributed by atoms with Crippen molar-refractivity contribution in [1.29, 1.82) is 0 Å². The van der Waals surface area contributed by atoms with Gasteiger partial charge >= 0.3 is 0 Å². The predicted octanol–water partition coefficient (Wildman–Crippen LogP) is 3.11. The number of hydrogen-bond donors (Lipinski definition) is 2. The second-order valence-electron chi connectivity index (χ2n) is 5.25. The molecule has 2 N–H and O–H groups in total. The molecule has 112 valence electrons. The van der Waals surface area contributed by atoms with Gasteiger partial charge in [0.05, 0.1) is 18.6 Å². The van der Waals surface area contributed by atoms with Crippen molar-refractivity contribution in [3.05, 3.63) is 42.5 Å². The lowest BCUT2D eigenvalue weighted by Gasteiger charge is -2.11. The number of rotatable bonds is 6. The third-order valence-electron chi connectivity index (χ3n) is 3.27. The minimum Gasteiger partial charge on any atom is -0.379 e. The fraction of sp³-hybridized carbons (Fsp3) is 0.375. The second kappa shape index (κ2) is 6.92. The molecule has 0 aliphatic carbocycles. The molecule has 0 unspecified atom stereocenters. The van der Waals surface area contributed by atoms with E-state index in [4.69, 9.17) is 0 Å². The largest absolute Gasteiger partial charge is 0.379 e. The number of nitrogens with zero attached hydrogens (tertiary/aromatic N) is 2. The molecule has 0 saturated carbocycles. The zero-order chi connectivity index (χ0) is 15.2. The van der Waals surface area contributed by atoms with Crippen molar-refractivity contribution >= 4 is 17.3 Å². The highest BCUT2D eigenvalue weighted by atomic mass is 16.1. The summed E-state index contributed by atoms with van der Waals surface area (Å²) in [6.45, 7) is 7.46. The molecule has 1 amide bonds. The first-order valence-corrected chi connectivity index (χ1v) is 7.24. The van der Waals surface area contributed by atoms with Gasteiger partial charge in [0.15, 0.2) is 0 Å². The van der Waals surface area contributed by atoms with Gasteiger partial charge < -0.3 is 15.2 Å². The number of carbonyl (C=O) groups excluding carboxylic acids is 1. The summed E-state index contributed by atoms with van der Waals surface area (Å²) in [7, 11) is 0.